The summed E-state index contributed by atoms with van der Waals surface area (Å²) in [6.07, 6.45) is 2.49. The zero-order chi connectivity index (χ0) is 30.8. The molecule has 11 nitrogen and oxygen atoms in total. The Morgan fingerprint density at radius 2 is 1.64 bits per heavy atom. The Bertz CT molecular complexity index is 1320. The number of benzene rings is 2. The molecule has 5 N–H and O–H groups in total. The summed E-state index contributed by atoms with van der Waals surface area (Å²) >= 11 is 0. The number of piperidine rings is 1. The van der Waals surface area contributed by atoms with Crippen LogP contribution in [0.2, 0.25) is 0 Å². The van der Waals surface area contributed by atoms with E-state index in [0.717, 1.165) is 56.1 Å². The smallest absolute Gasteiger partial charge is 0.336 e. The lowest BCUT2D eigenvalue weighted by molar-refractivity contribution is -0.170. The summed E-state index contributed by atoms with van der Waals surface area (Å²) in [5, 5.41) is 33.8. The van der Waals surface area contributed by atoms with Gasteiger partial charge >= 0.3 is 17.9 Å². The molecule has 228 valence electrons. The second-order valence-corrected chi connectivity index (χ2v) is 11.1. The van der Waals surface area contributed by atoms with Crippen molar-refractivity contribution in [3.8, 4) is 0 Å². The van der Waals surface area contributed by atoms with Gasteiger partial charge in [0, 0.05) is 13.2 Å². The van der Waals surface area contributed by atoms with E-state index in [0.29, 0.717) is 5.41 Å². The number of hydrogen-bond donors (Lipinski definition) is 5. The van der Waals surface area contributed by atoms with Crippen LogP contribution in [0.5, 0.6) is 0 Å². The molecule has 4 rings (SSSR count). The fraction of sp³-hybridized carbons (Fsp3) is 0.484. The van der Waals surface area contributed by atoms with Crippen molar-refractivity contribution in [2.75, 3.05) is 26.3 Å². The molecule has 0 aliphatic carbocycles. The molecule has 0 saturated carbocycles. The lowest BCUT2D eigenvalue weighted by atomic mass is 9.74. The molecule has 0 unspecified atom stereocenters. The van der Waals surface area contributed by atoms with Crippen LogP contribution in [0.3, 0.4) is 0 Å². The molecule has 0 amide bonds. The number of aromatic nitrogens is 2. The molecule has 1 saturated heterocycles. The Labute approximate surface area is 245 Å². The maximum atomic E-state index is 10.3. The van der Waals surface area contributed by atoms with Crippen LogP contribution >= 0.6 is 0 Å². The quantitative estimate of drug-likeness (QED) is 0.199. The molecule has 1 aliphatic rings. The Balaban J connectivity index is 0.000000316. The number of aliphatic carboxylic acids is 3. The van der Waals surface area contributed by atoms with Crippen molar-refractivity contribution in [2.24, 2.45) is 5.41 Å². The minimum absolute atomic E-state index is 0.312. The third-order valence-corrected chi connectivity index (χ3v) is 7.67. The van der Waals surface area contributed by atoms with E-state index in [1.165, 1.54) is 30.4 Å². The van der Waals surface area contributed by atoms with Gasteiger partial charge in [-0.3, -0.25) is 14.5 Å². The summed E-state index contributed by atoms with van der Waals surface area (Å²) in [6, 6.07) is 17.5. The van der Waals surface area contributed by atoms with Gasteiger partial charge in [0.2, 0.25) is 0 Å². The van der Waals surface area contributed by atoms with E-state index in [-0.39, 0.29) is 0 Å². The summed E-state index contributed by atoms with van der Waals surface area (Å²) in [7, 11) is 0. The average Bonchev–Trinajstić information content (AvgIpc) is 3.31. The van der Waals surface area contributed by atoms with Gasteiger partial charge in [0.15, 0.2) is 5.60 Å². The van der Waals surface area contributed by atoms with Crippen molar-refractivity contribution < 1.29 is 39.5 Å². The predicted molar refractivity (Wildman–Crippen MR) is 156 cm³/mol. The number of rotatable bonds is 13. The summed E-state index contributed by atoms with van der Waals surface area (Å²) in [5.41, 5.74) is 2.58. The second-order valence-electron chi connectivity index (χ2n) is 11.1. The van der Waals surface area contributed by atoms with Crippen molar-refractivity contribution in [1.29, 1.82) is 0 Å². The number of carbonyl (C=O) groups is 3. The van der Waals surface area contributed by atoms with Crippen LogP contribution in [0.1, 0.15) is 56.0 Å². The van der Waals surface area contributed by atoms with Crippen molar-refractivity contribution in [1.82, 2.24) is 14.9 Å². The minimum Gasteiger partial charge on any atom is -0.481 e. The average molecular weight is 584 g/mol. The summed E-state index contributed by atoms with van der Waals surface area (Å²) in [4.78, 5) is 40.9. The van der Waals surface area contributed by atoms with Gasteiger partial charge in [0.25, 0.3) is 0 Å². The van der Waals surface area contributed by atoms with E-state index in [2.05, 4.69) is 70.3 Å². The Kier molecular flexibility index (Phi) is 11.6. The number of aromatic amines is 1. The number of imidazole rings is 1. The van der Waals surface area contributed by atoms with E-state index < -0.39 is 36.4 Å². The molecule has 42 heavy (non-hydrogen) atoms. The SMILES string of the molecule is CCOCC1(CCc2ccccc2)CCN(Cc2ccc3nc(C)[nH]c3c2)CC1.O=C(O)CC(O)(CC(=O)O)C(=O)O. The monoisotopic (exact) mass is 583 g/mol. The van der Waals surface area contributed by atoms with Gasteiger partial charge in [0.1, 0.15) is 5.82 Å². The third-order valence-electron chi connectivity index (χ3n) is 7.67. The van der Waals surface area contributed by atoms with E-state index in [1.54, 1.807) is 0 Å². The van der Waals surface area contributed by atoms with Gasteiger partial charge in [-0.25, -0.2) is 9.78 Å². The number of likely N-dealkylation sites (tertiary alicyclic amines) is 1. The fourth-order valence-corrected chi connectivity index (χ4v) is 5.28. The standard InChI is InChI=1S/C25H33N3O.C6H8O7/c1-3-29-19-25(12-11-21-7-5-4-6-8-21)13-15-28(16-14-25)18-22-9-10-23-24(17-22)27-20(2)26-23;7-3(8)1-6(13,5(11)12)2-4(9)10/h4-10,17H,3,11-16,18-19H2,1-2H3,(H,26,27);13H,1-2H2,(H,7,8)(H,9,10)(H,11,12). The van der Waals surface area contributed by atoms with Gasteiger partial charge in [-0.15, -0.1) is 0 Å². The maximum absolute atomic E-state index is 10.3. The summed E-state index contributed by atoms with van der Waals surface area (Å²) in [5.74, 6) is -4.04. The Morgan fingerprint density at radius 1 is 1.00 bits per heavy atom. The molecule has 1 fully saturated rings. The molecule has 0 radical (unpaired) electrons. The highest BCUT2D eigenvalue weighted by molar-refractivity contribution is 5.88. The molecule has 2 heterocycles. The molecule has 1 aliphatic heterocycles. The van der Waals surface area contributed by atoms with Crippen LogP contribution < -0.4 is 0 Å². The number of carboxylic acid groups (broad SMARTS) is 3. The van der Waals surface area contributed by atoms with Crippen LogP contribution in [0.4, 0.5) is 0 Å². The molecule has 0 spiro atoms. The molecular formula is C31H41N3O8. The first-order valence-electron chi connectivity index (χ1n) is 14.1. The number of fused-ring (bicyclic) bond motifs is 1. The first-order chi connectivity index (χ1) is 19.9. The number of nitrogens with zero attached hydrogens (tertiary/aromatic N) is 2. The zero-order valence-corrected chi connectivity index (χ0v) is 24.2. The van der Waals surface area contributed by atoms with Crippen molar-refractivity contribution in [3.05, 3.63) is 65.5 Å². The maximum Gasteiger partial charge on any atom is 0.336 e. The number of aliphatic hydroxyl groups is 1. The fourth-order valence-electron chi connectivity index (χ4n) is 5.28. The summed E-state index contributed by atoms with van der Waals surface area (Å²) < 4.78 is 5.94. The van der Waals surface area contributed by atoms with Gasteiger partial charge in [-0.1, -0.05) is 36.4 Å². The van der Waals surface area contributed by atoms with Crippen LogP contribution in [0, 0.1) is 12.3 Å². The highest BCUT2D eigenvalue weighted by atomic mass is 16.5. The van der Waals surface area contributed by atoms with Crippen LogP contribution in [-0.2, 0) is 32.1 Å². The molecule has 3 aromatic rings. The molecule has 0 bridgehead atoms. The Hall–Kier alpha value is -3.80. The number of H-pyrrole nitrogens is 1. The van der Waals surface area contributed by atoms with Crippen molar-refractivity contribution in [3.63, 3.8) is 0 Å². The van der Waals surface area contributed by atoms with Gasteiger partial charge in [-0.05, 0) is 81.3 Å². The Morgan fingerprint density at radius 3 is 2.21 bits per heavy atom. The lowest BCUT2D eigenvalue weighted by Gasteiger charge is -2.42. The first kappa shape index (κ1) is 32.7. The molecular weight excluding hydrogens is 542 g/mol. The highest BCUT2D eigenvalue weighted by Crippen LogP contribution is 2.37. The summed E-state index contributed by atoms with van der Waals surface area (Å²) in [6.45, 7) is 9.11. The number of nitrogens with one attached hydrogen (secondary N) is 1. The molecule has 11 heteroatoms. The van der Waals surface area contributed by atoms with E-state index in [4.69, 9.17) is 25.2 Å². The number of aryl methyl sites for hydroxylation is 2. The second kappa shape index (κ2) is 14.9. The third kappa shape index (κ3) is 9.64. The normalized spacial score (nSPS) is 15.1. The van der Waals surface area contributed by atoms with Crippen molar-refractivity contribution in [2.45, 2.75) is 64.5 Å². The largest absolute Gasteiger partial charge is 0.481 e. The van der Waals surface area contributed by atoms with E-state index in [1.807, 2.05) is 6.92 Å². The minimum atomic E-state index is -2.74. The van der Waals surface area contributed by atoms with Crippen molar-refractivity contribution >= 4 is 28.9 Å². The number of hydrogen-bond acceptors (Lipinski definition) is 7. The van der Waals surface area contributed by atoms with E-state index >= 15 is 0 Å². The zero-order valence-electron chi connectivity index (χ0n) is 24.2. The molecule has 2 aromatic carbocycles. The first-order valence-corrected chi connectivity index (χ1v) is 14.1. The highest BCUT2D eigenvalue weighted by Gasteiger charge is 2.40. The van der Waals surface area contributed by atoms with Crippen LogP contribution in [0.15, 0.2) is 48.5 Å². The van der Waals surface area contributed by atoms with Gasteiger partial charge in [0.05, 0.1) is 30.5 Å². The number of carboxylic acids is 3. The van der Waals surface area contributed by atoms with Crippen LogP contribution in [0.25, 0.3) is 11.0 Å². The van der Waals surface area contributed by atoms with E-state index in [9.17, 15) is 14.4 Å². The van der Waals surface area contributed by atoms with Gasteiger partial charge < -0.3 is 30.1 Å². The van der Waals surface area contributed by atoms with Gasteiger partial charge in [-0.2, -0.15) is 0 Å². The lowest BCUT2D eigenvalue weighted by Crippen LogP contribution is -2.42. The number of ether oxygens (including phenoxy) is 1. The molecule has 0 atom stereocenters. The van der Waals surface area contributed by atoms with Crippen LogP contribution in [-0.4, -0.2) is 85.1 Å². The predicted octanol–water partition coefficient (Wildman–Crippen LogP) is 3.87. The molecule has 1 aromatic heterocycles. The topological polar surface area (TPSA) is 173 Å².